The number of nitrogens with two attached hydrogens (primary N) is 1. The van der Waals surface area contributed by atoms with E-state index >= 15 is 0 Å². The van der Waals surface area contributed by atoms with Gasteiger partial charge >= 0.3 is 0 Å². The van der Waals surface area contributed by atoms with Crippen molar-refractivity contribution in [1.82, 2.24) is 0 Å². The third-order valence-corrected chi connectivity index (χ3v) is 3.71. The van der Waals surface area contributed by atoms with Gasteiger partial charge in [-0.15, -0.1) is 0 Å². The number of methoxy groups -OCH3 is 1. The van der Waals surface area contributed by atoms with E-state index in [1.165, 1.54) is 0 Å². The van der Waals surface area contributed by atoms with Gasteiger partial charge in [0, 0.05) is 12.3 Å². The molecule has 0 saturated heterocycles. The Bertz CT molecular complexity index is 407. The molecule has 1 atom stereocenters. The standard InChI is InChI=1S/C13H21NO3S/c1-10(2)9-17-6-7-18(15)13-8-11(16-3)4-5-12(13)14/h4-5,8,10H,6-7,9,14H2,1-3H3. The molecule has 0 heterocycles. The van der Waals surface area contributed by atoms with E-state index in [-0.39, 0.29) is 0 Å². The summed E-state index contributed by atoms with van der Waals surface area (Å²) >= 11 is 0. The Balaban J connectivity index is 2.55. The Kier molecular flexibility index (Phi) is 6.15. The Morgan fingerprint density at radius 1 is 1.39 bits per heavy atom. The highest BCUT2D eigenvalue weighted by molar-refractivity contribution is 7.85. The van der Waals surface area contributed by atoms with Crippen molar-refractivity contribution in [3.8, 4) is 5.75 Å². The molecule has 0 fully saturated rings. The van der Waals surface area contributed by atoms with Crippen molar-refractivity contribution in [1.29, 1.82) is 0 Å². The fraction of sp³-hybridized carbons (Fsp3) is 0.538. The van der Waals surface area contributed by atoms with E-state index in [9.17, 15) is 4.21 Å². The summed E-state index contributed by atoms with van der Waals surface area (Å²) in [5, 5.41) is 0. The zero-order valence-corrected chi connectivity index (χ0v) is 12.0. The first kappa shape index (κ1) is 15.0. The smallest absolute Gasteiger partial charge is 0.120 e. The largest absolute Gasteiger partial charge is 0.497 e. The lowest BCUT2D eigenvalue weighted by Crippen LogP contribution is -2.11. The molecule has 1 unspecified atom stereocenters. The zero-order valence-electron chi connectivity index (χ0n) is 11.1. The van der Waals surface area contributed by atoms with E-state index in [0.717, 1.165) is 0 Å². The quantitative estimate of drug-likeness (QED) is 0.609. The highest BCUT2D eigenvalue weighted by Gasteiger charge is 2.09. The van der Waals surface area contributed by atoms with Crippen LogP contribution >= 0.6 is 0 Å². The lowest BCUT2D eigenvalue weighted by Gasteiger charge is -2.09. The summed E-state index contributed by atoms with van der Waals surface area (Å²) in [6.45, 7) is 5.32. The normalized spacial score (nSPS) is 12.7. The number of anilines is 1. The first-order valence-electron chi connectivity index (χ1n) is 5.94. The Morgan fingerprint density at radius 3 is 2.72 bits per heavy atom. The van der Waals surface area contributed by atoms with Crippen LogP contribution in [-0.2, 0) is 15.5 Å². The molecule has 0 aliphatic heterocycles. The van der Waals surface area contributed by atoms with E-state index in [4.69, 9.17) is 15.2 Å². The first-order valence-corrected chi connectivity index (χ1v) is 7.26. The maximum Gasteiger partial charge on any atom is 0.120 e. The van der Waals surface area contributed by atoms with Crippen LogP contribution in [0, 0.1) is 5.92 Å². The fourth-order valence-corrected chi connectivity index (χ4v) is 2.47. The molecule has 0 spiro atoms. The minimum absolute atomic E-state index is 0.448. The second kappa shape index (κ2) is 7.38. The van der Waals surface area contributed by atoms with Gasteiger partial charge in [0.25, 0.3) is 0 Å². The second-order valence-electron chi connectivity index (χ2n) is 4.42. The highest BCUT2D eigenvalue weighted by Crippen LogP contribution is 2.22. The van der Waals surface area contributed by atoms with Gasteiger partial charge in [-0.1, -0.05) is 13.8 Å². The van der Waals surface area contributed by atoms with Gasteiger partial charge in [-0.2, -0.15) is 0 Å². The molecule has 2 N–H and O–H groups in total. The molecular formula is C13H21NO3S. The number of ether oxygens (including phenoxy) is 2. The number of benzene rings is 1. The lowest BCUT2D eigenvalue weighted by atomic mass is 10.2. The van der Waals surface area contributed by atoms with Gasteiger partial charge in [-0.3, -0.25) is 4.21 Å². The summed E-state index contributed by atoms with van der Waals surface area (Å²) in [4.78, 5) is 0.613. The minimum atomic E-state index is -1.15. The van der Waals surface area contributed by atoms with Crippen LogP contribution < -0.4 is 10.5 Å². The molecule has 18 heavy (non-hydrogen) atoms. The fourth-order valence-electron chi connectivity index (χ4n) is 1.40. The van der Waals surface area contributed by atoms with Gasteiger partial charge < -0.3 is 15.2 Å². The predicted molar refractivity (Wildman–Crippen MR) is 74.3 cm³/mol. The number of rotatable bonds is 7. The summed E-state index contributed by atoms with van der Waals surface area (Å²) in [5.74, 6) is 1.60. The van der Waals surface area contributed by atoms with Crippen molar-refractivity contribution < 1.29 is 13.7 Å². The van der Waals surface area contributed by atoms with E-state index < -0.39 is 10.8 Å². The maximum absolute atomic E-state index is 12.1. The molecule has 0 radical (unpaired) electrons. The van der Waals surface area contributed by atoms with Crippen LogP contribution in [0.3, 0.4) is 0 Å². The van der Waals surface area contributed by atoms with Gasteiger partial charge in [0.05, 0.1) is 35.2 Å². The van der Waals surface area contributed by atoms with Gasteiger partial charge in [0.1, 0.15) is 5.75 Å². The van der Waals surface area contributed by atoms with Crippen LogP contribution in [0.4, 0.5) is 5.69 Å². The number of hydrogen-bond acceptors (Lipinski definition) is 4. The van der Waals surface area contributed by atoms with Gasteiger partial charge in [-0.25, -0.2) is 0 Å². The molecule has 102 valence electrons. The van der Waals surface area contributed by atoms with E-state index in [2.05, 4.69) is 13.8 Å². The summed E-state index contributed by atoms with van der Waals surface area (Å²) in [5.41, 5.74) is 6.33. The summed E-state index contributed by atoms with van der Waals surface area (Å²) in [6, 6.07) is 5.18. The SMILES string of the molecule is COc1ccc(N)c(S(=O)CCOCC(C)C)c1. The molecule has 0 aliphatic rings. The molecule has 0 aromatic heterocycles. The Morgan fingerprint density at radius 2 is 2.11 bits per heavy atom. The van der Waals surface area contributed by atoms with Crippen molar-refractivity contribution in [2.45, 2.75) is 18.7 Å². The molecular weight excluding hydrogens is 250 g/mol. The maximum atomic E-state index is 12.1. The van der Waals surface area contributed by atoms with E-state index in [1.54, 1.807) is 25.3 Å². The van der Waals surface area contributed by atoms with Crippen LogP contribution in [0.2, 0.25) is 0 Å². The molecule has 4 nitrogen and oxygen atoms in total. The van der Waals surface area contributed by atoms with Crippen molar-refractivity contribution in [2.24, 2.45) is 5.92 Å². The first-order chi connectivity index (χ1) is 8.54. The van der Waals surface area contributed by atoms with Crippen molar-refractivity contribution in [3.05, 3.63) is 18.2 Å². The molecule has 5 heteroatoms. The van der Waals surface area contributed by atoms with Crippen LogP contribution in [-0.4, -0.2) is 30.3 Å². The molecule has 0 aliphatic carbocycles. The highest BCUT2D eigenvalue weighted by atomic mass is 32.2. The summed E-state index contributed by atoms with van der Waals surface area (Å²) < 4.78 is 22.6. The third kappa shape index (κ3) is 4.66. The second-order valence-corrected chi connectivity index (χ2v) is 5.96. The Hall–Kier alpha value is -1.07. The van der Waals surface area contributed by atoms with Gasteiger partial charge in [-0.05, 0) is 24.1 Å². The molecule has 0 amide bonds. The van der Waals surface area contributed by atoms with Crippen LogP contribution in [0.1, 0.15) is 13.8 Å². The molecule has 1 aromatic rings. The van der Waals surface area contributed by atoms with Crippen molar-refractivity contribution in [3.63, 3.8) is 0 Å². The third-order valence-electron chi connectivity index (χ3n) is 2.33. The topological polar surface area (TPSA) is 61.5 Å². The minimum Gasteiger partial charge on any atom is -0.497 e. The predicted octanol–water partition coefficient (Wildman–Crippen LogP) is 2.06. The van der Waals surface area contributed by atoms with Gasteiger partial charge in [0.15, 0.2) is 0 Å². The van der Waals surface area contributed by atoms with E-state index in [1.807, 2.05) is 0 Å². The van der Waals surface area contributed by atoms with Crippen LogP contribution in [0.15, 0.2) is 23.1 Å². The van der Waals surface area contributed by atoms with Crippen LogP contribution in [0.5, 0.6) is 5.75 Å². The Labute approximate surface area is 111 Å². The molecule has 0 saturated carbocycles. The molecule has 1 rings (SSSR count). The van der Waals surface area contributed by atoms with Crippen LogP contribution in [0.25, 0.3) is 0 Å². The average Bonchev–Trinajstić information content (AvgIpc) is 2.34. The number of hydrogen-bond donors (Lipinski definition) is 1. The summed E-state index contributed by atoms with van der Waals surface area (Å²) in [7, 11) is 0.422. The van der Waals surface area contributed by atoms with Gasteiger partial charge in [0.2, 0.25) is 0 Å². The van der Waals surface area contributed by atoms with Crippen molar-refractivity contribution in [2.75, 3.05) is 31.8 Å². The zero-order chi connectivity index (χ0) is 13.5. The lowest BCUT2D eigenvalue weighted by molar-refractivity contribution is 0.123. The van der Waals surface area contributed by atoms with Crippen molar-refractivity contribution >= 4 is 16.5 Å². The van der Waals surface area contributed by atoms with E-state index in [0.29, 0.717) is 41.2 Å². The monoisotopic (exact) mass is 271 g/mol. The molecule has 0 bridgehead atoms. The average molecular weight is 271 g/mol. The summed E-state index contributed by atoms with van der Waals surface area (Å²) in [6.07, 6.45) is 0. The number of nitrogen functional groups attached to an aromatic ring is 1. The molecule has 1 aromatic carbocycles.